The van der Waals surface area contributed by atoms with E-state index in [-0.39, 0.29) is 5.88 Å². The van der Waals surface area contributed by atoms with Gasteiger partial charge in [-0.3, -0.25) is 4.57 Å². The monoisotopic (exact) mass is 337 g/mol. The second kappa shape index (κ2) is 6.70. The normalized spacial score (nSPS) is 18.0. The van der Waals surface area contributed by atoms with Crippen LogP contribution in [0.5, 0.6) is 5.88 Å². The van der Waals surface area contributed by atoms with E-state index in [2.05, 4.69) is 20.5 Å². The van der Waals surface area contributed by atoms with Gasteiger partial charge >= 0.3 is 0 Å². The van der Waals surface area contributed by atoms with Crippen molar-refractivity contribution in [1.82, 2.24) is 9.55 Å². The van der Waals surface area contributed by atoms with E-state index in [4.69, 9.17) is 0 Å². The van der Waals surface area contributed by atoms with E-state index in [0.717, 1.165) is 22.1 Å². The molecule has 2 heterocycles. The van der Waals surface area contributed by atoms with Gasteiger partial charge in [0.2, 0.25) is 11.8 Å². The van der Waals surface area contributed by atoms with E-state index >= 15 is 0 Å². The molecule has 1 fully saturated rings. The third kappa shape index (κ3) is 3.29. The van der Waals surface area contributed by atoms with Crippen molar-refractivity contribution in [3.63, 3.8) is 0 Å². The van der Waals surface area contributed by atoms with Crippen LogP contribution in [0.1, 0.15) is 49.8 Å². The van der Waals surface area contributed by atoms with Crippen molar-refractivity contribution in [2.75, 3.05) is 5.32 Å². The van der Waals surface area contributed by atoms with Gasteiger partial charge in [-0.15, -0.1) is 0 Å². The number of hydrogen-bond donors (Lipinski definition) is 2. The molecular formula is C19H23N5O. The molecule has 130 valence electrons. The number of nitrogens with one attached hydrogen (secondary N) is 1. The molecule has 4 rings (SSSR count). The maximum Gasteiger partial charge on any atom is 0.220 e. The molecule has 0 unspecified atom stereocenters. The molecule has 0 saturated heterocycles. The lowest BCUT2D eigenvalue weighted by Crippen LogP contribution is -2.20. The highest BCUT2D eigenvalue weighted by molar-refractivity contribution is 5.80. The van der Waals surface area contributed by atoms with Crippen molar-refractivity contribution >= 4 is 18.2 Å². The van der Waals surface area contributed by atoms with Crippen LogP contribution in [-0.2, 0) is 7.05 Å². The maximum absolute atomic E-state index is 10.4. The number of rotatable bonds is 3. The SMILES string of the molecule is Cn1c(NC2CCCCCC2)nc(/C=c2\ccc3c(c2)C=NN=3)c1O. The fourth-order valence-electron chi connectivity index (χ4n) is 3.51. The first-order valence-electron chi connectivity index (χ1n) is 8.96. The number of nitrogens with zero attached hydrogens (tertiary/aromatic N) is 4. The number of hydrogen-bond acceptors (Lipinski definition) is 5. The molecule has 2 aromatic rings. The lowest BCUT2D eigenvalue weighted by atomic mass is 10.1. The van der Waals surface area contributed by atoms with E-state index in [1.165, 1.54) is 38.5 Å². The summed E-state index contributed by atoms with van der Waals surface area (Å²) in [6.07, 6.45) is 11.1. The lowest BCUT2D eigenvalue weighted by Gasteiger charge is -2.16. The number of benzene rings is 1. The smallest absolute Gasteiger partial charge is 0.220 e. The number of fused-ring (bicyclic) bond motifs is 1. The van der Waals surface area contributed by atoms with Crippen molar-refractivity contribution in [2.24, 2.45) is 17.3 Å². The van der Waals surface area contributed by atoms with Crippen molar-refractivity contribution in [3.8, 4) is 5.88 Å². The number of imidazole rings is 1. The second-order valence-electron chi connectivity index (χ2n) is 6.84. The summed E-state index contributed by atoms with van der Waals surface area (Å²) in [5, 5.41) is 23.7. The summed E-state index contributed by atoms with van der Waals surface area (Å²) in [5.74, 6) is 0.906. The van der Waals surface area contributed by atoms with Crippen LogP contribution in [0.25, 0.3) is 6.08 Å². The van der Waals surface area contributed by atoms with Crippen LogP contribution in [0.2, 0.25) is 0 Å². The Bertz CT molecular complexity index is 920. The Morgan fingerprint density at radius 1 is 1.20 bits per heavy atom. The van der Waals surface area contributed by atoms with Crippen LogP contribution < -0.4 is 15.9 Å². The van der Waals surface area contributed by atoms with Gasteiger partial charge < -0.3 is 10.4 Å². The third-order valence-corrected chi connectivity index (χ3v) is 5.00. The molecule has 25 heavy (non-hydrogen) atoms. The van der Waals surface area contributed by atoms with Gasteiger partial charge in [0, 0.05) is 18.7 Å². The molecule has 0 spiro atoms. The lowest BCUT2D eigenvalue weighted by molar-refractivity contribution is 0.431. The Labute approximate surface area is 146 Å². The Balaban J connectivity index is 1.62. The summed E-state index contributed by atoms with van der Waals surface area (Å²) in [6.45, 7) is 0. The second-order valence-corrected chi connectivity index (χ2v) is 6.84. The first-order chi connectivity index (χ1) is 12.2. The predicted molar refractivity (Wildman–Crippen MR) is 98.4 cm³/mol. The highest BCUT2D eigenvalue weighted by Gasteiger charge is 2.17. The van der Waals surface area contributed by atoms with Crippen molar-refractivity contribution in [3.05, 3.63) is 40.0 Å². The molecular weight excluding hydrogens is 314 g/mol. The van der Waals surface area contributed by atoms with Crippen LogP contribution in [0.4, 0.5) is 5.95 Å². The fourth-order valence-corrected chi connectivity index (χ4v) is 3.51. The summed E-state index contributed by atoms with van der Waals surface area (Å²) in [6, 6.07) is 6.33. The molecule has 2 aliphatic rings. The summed E-state index contributed by atoms with van der Waals surface area (Å²) in [5.41, 5.74) is 1.56. The molecule has 1 saturated carbocycles. The van der Waals surface area contributed by atoms with Crippen LogP contribution >= 0.6 is 0 Å². The van der Waals surface area contributed by atoms with Gasteiger partial charge in [0.25, 0.3) is 0 Å². The molecule has 0 amide bonds. The molecule has 0 radical (unpaired) electrons. The minimum atomic E-state index is 0.176. The van der Waals surface area contributed by atoms with Gasteiger partial charge in [0.15, 0.2) is 0 Å². The van der Waals surface area contributed by atoms with Gasteiger partial charge in [-0.1, -0.05) is 31.7 Å². The quantitative estimate of drug-likeness (QED) is 0.842. The van der Waals surface area contributed by atoms with E-state index in [9.17, 15) is 5.11 Å². The fraction of sp³-hybridized carbons (Fsp3) is 0.421. The standard InChI is InChI=1S/C19H23N5O/c1-24-18(25)17(11-13-8-9-16-14(10-13)12-20-23-16)22-19(24)21-15-6-4-2-3-5-7-15/h8-12,15,25H,2-7H2,1H3,(H,21,22)/b13-11+. The van der Waals surface area contributed by atoms with Gasteiger partial charge in [-0.2, -0.15) is 10.2 Å². The zero-order chi connectivity index (χ0) is 17.2. The molecule has 0 atom stereocenters. The first kappa shape index (κ1) is 15.9. The molecule has 1 aliphatic carbocycles. The Morgan fingerprint density at radius 3 is 2.80 bits per heavy atom. The molecule has 6 nitrogen and oxygen atoms in total. The summed E-state index contributed by atoms with van der Waals surface area (Å²) in [4.78, 5) is 4.61. The van der Waals surface area contributed by atoms with E-state index in [1.807, 2.05) is 31.3 Å². The number of anilines is 1. The van der Waals surface area contributed by atoms with Crippen molar-refractivity contribution in [1.29, 1.82) is 0 Å². The van der Waals surface area contributed by atoms with Crippen LogP contribution in [0.3, 0.4) is 0 Å². The maximum atomic E-state index is 10.4. The number of aromatic hydroxyl groups is 1. The third-order valence-electron chi connectivity index (χ3n) is 5.00. The van der Waals surface area contributed by atoms with Gasteiger partial charge in [-0.05, 0) is 36.3 Å². The Hall–Kier alpha value is -2.63. The average molecular weight is 337 g/mol. The molecule has 1 aliphatic heterocycles. The highest BCUT2D eigenvalue weighted by atomic mass is 16.3. The minimum absolute atomic E-state index is 0.176. The molecule has 1 aromatic carbocycles. The summed E-state index contributed by atoms with van der Waals surface area (Å²) >= 11 is 0. The van der Waals surface area contributed by atoms with E-state index in [1.54, 1.807) is 10.8 Å². The highest BCUT2D eigenvalue weighted by Crippen LogP contribution is 2.25. The van der Waals surface area contributed by atoms with Crippen molar-refractivity contribution < 1.29 is 5.11 Å². The Morgan fingerprint density at radius 2 is 2.00 bits per heavy atom. The zero-order valence-electron chi connectivity index (χ0n) is 14.4. The van der Waals surface area contributed by atoms with Gasteiger partial charge in [0.05, 0.1) is 11.6 Å². The largest absolute Gasteiger partial charge is 0.493 e. The van der Waals surface area contributed by atoms with Crippen LogP contribution in [-0.4, -0.2) is 26.9 Å². The van der Waals surface area contributed by atoms with Crippen LogP contribution in [0.15, 0.2) is 28.4 Å². The Kier molecular flexibility index (Phi) is 4.26. The molecule has 1 aromatic heterocycles. The van der Waals surface area contributed by atoms with Gasteiger partial charge in [0.1, 0.15) is 5.69 Å². The molecule has 2 N–H and O–H groups in total. The molecule has 0 bridgehead atoms. The van der Waals surface area contributed by atoms with Crippen LogP contribution in [0, 0.1) is 0 Å². The minimum Gasteiger partial charge on any atom is -0.493 e. The summed E-state index contributed by atoms with van der Waals surface area (Å²) in [7, 11) is 1.84. The zero-order valence-corrected chi connectivity index (χ0v) is 14.4. The number of aromatic nitrogens is 2. The van der Waals surface area contributed by atoms with Gasteiger partial charge in [-0.25, -0.2) is 4.98 Å². The predicted octanol–water partition coefficient (Wildman–Crippen LogP) is 2.06. The summed E-state index contributed by atoms with van der Waals surface area (Å²) < 4.78 is 1.72. The first-order valence-corrected chi connectivity index (χ1v) is 8.96. The van der Waals surface area contributed by atoms with E-state index < -0.39 is 0 Å². The van der Waals surface area contributed by atoms with Crippen molar-refractivity contribution in [2.45, 2.75) is 44.6 Å². The topological polar surface area (TPSA) is 74.8 Å². The van der Waals surface area contributed by atoms with E-state index in [0.29, 0.717) is 11.7 Å². The molecule has 6 heteroatoms. The average Bonchev–Trinajstić information content (AvgIpc) is 3.06.